The van der Waals surface area contributed by atoms with Gasteiger partial charge in [0.15, 0.2) is 0 Å². The van der Waals surface area contributed by atoms with Crippen LogP contribution in [-0.4, -0.2) is 21.7 Å². The quantitative estimate of drug-likeness (QED) is 0.863. The van der Waals surface area contributed by atoms with Gasteiger partial charge in [-0.25, -0.2) is 0 Å². The van der Waals surface area contributed by atoms with Crippen molar-refractivity contribution < 1.29 is 4.79 Å². The van der Waals surface area contributed by atoms with Crippen LogP contribution in [0.2, 0.25) is 0 Å². The molecule has 2 rings (SSSR count). The van der Waals surface area contributed by atoms with Crippen LogP contribution in [0.15, 0.2) is 6.08 Å². The van der Waals surface area contributed by atoms with Gasteiger partial charge in [-0.2, -0.15) is 5.10 Å². The summed E-state index contributed by atoms with van der Waals surface area (Å²) in [6.45, 7) is 10.8. The van der Waals surface area contributed by atoms with Gasteiger partial charge in [0.1, 0.15) is 0 Å². The van der Waals surface area contributed by atoms with Gasteiger partial charge in [0, 0.05) is 30.4 Å². The summed E-state index contributed by atoms with van der Waals surface area (Å²) in [6, 6.07) is 0.289. The van der Waals surface area contributed by atoms with E-state index in [1.54, 1.807) is 6.08 Å². The number of nitrogens with zero attached hydrogens (tertiary/aromatic N) is 2. The molecule has 1 heterocycles. The summed E-state index contributed by atoms with van der Waals surface area (Å²) < 4.78 is 1.85. The maximum atomic E-state index is 12.4. The maximum Gasteiger partial charge on any atom is 0.244 e. The van der Waals surface area contributed by atoms with Crippen LogP contribution in [0.5, 0.6) is 0 Å². The molecular weight excluding hydrogens is 286 g/mol. The van der Waals surface area contributed by atoms with E-state index in [0.717, 1.165) is 23.4 Å². The molecule has 1 amide bonds. The van der Waals surface area contributed by atoms with Crippen molar-refractivity contribution in [2.45, 2.75) is 66.3 Å². The largest absolute Gasteiger partial charge is 0.350 e. The lowest BCUT2D eigenvalue weighted by Gasteiger charge is -2.40. The Balaban J connectivity index is 2.05. The third kappa shape index (κ3) is 4.24. The van der Waals surface area contributed by atoms with Crippen molar-refractivity contribution in [3.05, 3.63) is 23.0 Å². The van der Waals surface area contributed by atoms with E-state index in [1.165, 1.54) is 19.3 Å². The first kappa shape index (κ1) is 17.8. The van der Waals surface area contributed by atoms with Crippen molar-refractivity contribution in [3.8, 4) is 0 Å². The van der Waals surface area contributed by atoms with Crippen molar-refractivity contribution in [1.82, 2.24) is 15.1 Å². The van der Waals surface area contributed by atoms with Crippen molar-refractivity contribution >= 4 is 12.0 Å². The first-order valence-electron chi connectivity index (χ1n) is 8.69. The maximum absolute atomic E-state index is 12.4. The molecule has 2 atom stereocenters. The molecule has 1 N–H and O–H groups in total. The van der Waals surface area contributed by atoms with Gasteiger partial charge in [-0.3, -0.25) is 9.48 Å². The number of rotatable bonds is 3. The van der Waals surface area contributed by atoms with Crippen molar-refractivity contribution in [1.29, 1.82) is 0 Å². The average Bonchev–Trinajstić information content (AvgIpc) is 2.69. The molecular formula is C19H31N3O. The highest BCUT2D eigenvalue weighted by Gasteiger charge is 2.34. The summed E-state index contributed by atoms with van der Waals surface area (Å²) in [5.41, 5.74) is 3.31. The van der Waals surface area contributed by atoms with Crippen LogP contribution in [0, 0.1) is 25.2 Å². The van der Waals surface area contributed by atoms with E-state index in [1.807, 2.05) is 31.7 Å². The minimum Gasteiger partial charge on any atom is -0.350 e. The number of aryl methyl sites for hydroxylation is 2. The van der Waals surface area contributed by atoms with Gasteiger partial charge < -0.3 is 5.32 Å². The minimum atomic E-state index is 0.00815. The smallest absolute Gasteiger partial charge is 0.244 e. The van der Waals surface area contributed by atoms with Crippen LogP contribution in [0.1, 0.15) is 63.4 Å². The first-order chi connectivity index (χ1) is 10.7. The minimum absolute atomic E-state index is 0.00815. The summed E-state index contributed by atoms with van der Waals surface area (Å²) >= 11 is 0. The Morgan fingerprint density at radius 1 is 1.26 bits per heavy atom. The fraction of sp³-hybridized carbons (Fsp3) is 0.684. The number of hydrogen-bond donors (Lipinski definition) is 1. The second kappa shape index (κ2) is 6.90. The van der Waals surface area contributed by atoms with Gasteiger partial charge in [-0.15, -0.1) is 0 Å². The molecule has 1 saturated carbocycles. The van der Waals surface area contributed by atoms with Crippen LogP contribution in [-0.2, 0) is 11.8 Å². The first-order valence-corrected chi connectivity index (χ1v) is 8.69. The van der Waals surface area contributed by atoms with Gasteiger partial charge >= 0.3 is 0 Å². The molecule has 1 aliphatic rings. The molecule has 0 saturated heterocycles. The molecule has 1 aliphatic carbocycles. The third-order valence-electron chi connectivity index (χ3n) is 5.17. The lowest BCUT2D eigenvalue weighted by molar-refractivity contribution is -0.118. The fourth-order valence-corrected chi connectivity index (χ4v) is 3.76. The fourth-order valence-electron chi connectivity index (χ4n) is 3.76. The molecule has 1 aromatic rings. The highest BCUT2D eigenvalue weighted by atomic mass is 16.1. The van der Waals surface area contributed by atoms with E-state index >= 15 is 0 Å². The van der Waals surface area contributed by atoms with Gasteiger partial charge in [0.25, 0.3) is 0 Å². The predicted octanol–water partition coefficient (Wildman–Crippen LogP) is 3.77. The molecule has 0 spiro atoms. The zero-order valence-electron chi connectivity index (χ0n) is 15.4. The molecule has 128 valence electrons. The molecule has 0 aromatic carbocycles. The number of hydrogen-bond acceptors (Lipinski definition) is 2. The standard InChI is InChI=1S/C19H31N3O/c1-13-15(14(2)22(6)21-13)11-12-18(23)20-17-10-8-7-9-16(17)19(3,4)5/h11-12,16-17H,7-10H2,1-6H3,(H,20,23)/b12-11+. The van der Waals surface area contributed by atoms with E-state index in [0.29, 0.717) is 5.92 Å². The molecule has 4 heteroatoms. The Labute approximate surface area is 140 Å². The van der Waals surface area contributed by atoms with Crippen LogP contribution >= 0.6 is 0 Å². The SMILES string of the molecule is Cc1nn(C)c(C)c1/C=C/C(=O)NC1CCCCC1C(C)(C)C. The summed E-state index contributed by atoms with van der Waals surface area (Å²) in [5.74, 6) is 0.560. The lowest BCUT2D eigenvalue weighted by atomic mass is 9.69. The second-order valence-corrected chi connectivity index (χ2v) is 7.91. The number of nitrogens with one attached hydrogen (secondary N) is 1. The van der Waals surface area contributed by atoms with Gasteiger partial charge in [-0.1, -0.05) is 33.6 Å². The molecule has 0 aliphatic heterocycles. The van der Waals surface area contributed by atoms with Crippen LogP contribution in [0.4, 0.5) is 0 Å². The Hall–Kier alpha value is -1.58. The summed E-state index contributed by atoms with van der Waals surface area (Å²) in [6.07, 6.45) is 8.33. The monoisotopic (exact) mass is 317 g/mol. The molecule has 1 fully saturated rings. The summed E-state index contributed by atoms with van der Waals surface area (Å²) in [7, 11) is 1.93. The third-order valence-corrected chi connectivity index (χ3v) is 5.17. The van der Waals surface area contributed by atoms with Gasteiger partial charge in [-0.05, 0) is 44.1 Å². The zero-order valence-corrected chi connectivity index (χ0v) is 15.4. The highest BCUT2D eigenvalue weighted by molar-refractivity contribution is 5.92. The normalized spacial score (nSPS) is 22.5. The van der Waals surface area contributed by atoms with Crippen molar-refractivity contribution in [3.63, 3.8) is 0 Å². The number of amides is 1. The molecule has 0 radical (unpaired) electrons. The van der Waals surface area contributed by atoms with E-state index in [4.69, 9.17) is 0 Å². The lowest BCUT2D eigenvalue weighted by Crippen LogP contribution is -2.46. The van der Waals surface area contributed by atoms with E-state index in [-0.39, 0.29) is 17.4 Å². The Bertz CT molecular complexity index is 592. The van der Waals surface area contributed by atoms with Crippen LogP contribution in [0.25, 0.3) is 6.08 Å². The van der Waals surface area contributed by atoms with Gasteiger partial charge in [0.2, 0.25) is 5.91 Å². The highest BCUT2D eigenvalue weighted by Crippen LogP contribution is 2.37. The van der Waals surface area contributed by atoms with Crippen LogP contribution in [0.3, 0.4) is 0 Å². The summed E-state index contributed by atoms with van der Waals surface area (Å²) in [4.78, 5) is 12.4. The average molecular weight is 317 g/mol. The van der Waals surface area contributed by atoms with Gasteiger partial charge in [0.05, 0.1) is 5.69 Å². The number of aromatic nitrogens is 2. The predicted molar refractivity (Wildman–Crippen MR) is 95.1 cm³/mol. The number of carbonyl (C=O) groups is 1. The molecule has 23 heavy (non-hydrogen) atoms. The van der Waals surface area contributed by atoms with E-state index in [2.05, 4.69) is 31.2 Å². The Morgan fingerprint density at radius 3 is 2.48 bits per heavy atom. The second-order valence-electron chi connectivity index (χ2n) is 7.91. The topological polar surface area (TPSA) is 46.9 Å². The molecule has 1 aromatic heterocycles. The van der Waals surface area contributed by atoms with Crippen LogP contribution < -0.4 is 5.32 Å². The Morgan fingerprint density at radius 2 is 1.91 bits per heavy atom. The van der Waals surface area contributed by atoms with E-state index in [9.17, 15) is 4.79 Å². The summed E-state index contributed by atoms with van der Waals surface area (Å²) in [5, 5.41) is 7.62. The molecule has 4 nitrogen and oxygen atoms in total. The Kier molecular flexibility index (Phi) is 5.33. The molecule has 0 bridgehead atoms. The van der Waals surface area contributed by atoms with Crippen molar-refractivity contribution in [2.24, 2.45) is 18.4 Å². The molecule has 2 unspecified atom stereocenters. The van der Waals surface area contributed by atoms with E-state index < -0.39 is 0 Å². The van der Waals surface area contributed by atoms with Crippen molar-refractivity contribution in [2.75, 3.05) is 0 Å². The number of carbonyl (C=O) groups excluding carboxylic acids is 1. The zero-order chi connectivity index (χ0) is 17.2.